The van der Waals surface area contributed by atoms with E-state index in [-0.39, 0.29) is 57.7 Å². The third-order valence-electron chi connectivity index (χ3n) is 5.28. The molecule has 0 bridgehead atoms. The van der Waals surface area contributed by atoms with E-state index in [2.05, 4.69) is 18.2 Å². The predicted octanol–water partition coefficient (Wildman–Crippen LogP) is 4.77. The largest absolute Gasteiger partial charge is 2.00 e. The van der Waals surface area contributed by atoms with Crippen LogP contribution in [-0.2, 0) is 16.0 Å². The zero-order valence-corrected chi connectivity index (χ0v) is 20.7. The second-order valence-electron chi connectivity index (χ2n) is 7.49. The van der Waals surface area contributed by atoms with Crippen LogP contribution in [-0.4, -0.2) is 77.5 Å². The number of carboxylic acids is 1. The summed E-state index contributed by atoms with van der Waals surface area (Å²) in [4.78, 5) is 28.8. The van der Waals surface area contributed by atoms with Gasteiger partial charge >= 0.3 is 43.7 Å². The fourth-order valence-corrected chi connectivity index (χ4v) is 6.27. The molecule has 0 aliphatic carbocycles. The molecule has 3 aromatic rings. The van der Waals surface area contributed by atoms with E-state index in [4.69, 9.17) is 0 Å². The number of hydrogen-bond acceptors (Lipinski definition) is 4. The summed E-state index contributed by atoms with van der Waals surface area (Å²) in [6.45, 7) is 2.38. The normalized spacial score (nSPS) is 19.4. The van der Waals surface area contributed by atoms with Crippen LogP contribution in [0.15, 0.2) is 65.6 Å². The Hall–Kier alpha value is -1.05. The first-order valence-electron chi connectivity index (χ1n) is 9.73. The summed E-state index contributed by atoms with van der Waals surface area (Å²) < 4.78 is 1.21. The molecule has 0 unspecified atom stereocenters. The van der Waals surface area contributed by atoms with Crippen LogP contribution < -0.4 is 0 Å². The molecule has 3 atom stereocenters. The molecule has 1 amide bonds. The first-order chi connectivity index (χ1) is 14.0. The zero-order chi connectivity index (χ0) is 20.4. The predicted molar refractivity (Wildman–Crippen MR) is 127 cm³/mol. The summed E-state index contributed by atoms with van der Waals surface area (Å²) in [5.41, 5.74) is 0. The molecule has 1 N–H and O–H groups in total. The van der Waals surface area contributed by atoms with Gasteiger partial charge < -0.3 is 12.9 Å². The van der Waals surface area contributed by atoms with Crippen molar-refractivity contribution in [3.63, 3.8) is 0 Å². The molecule has 4 nitrogen and oxygen atoms in total. The van der Waals surface area contributed by atoms with Crippen LogP contribution in [0.25, 0.3) is 10.1 Å². The Bertz CT molecular complexity index is 1000. The second-order valence-corrected chi connectivity index (χ2v) is 10.0. The van der Waals surface area contributed by atoms with Gasteiger partial charge in [-0.1, -0.05) is 43.3 Å². The molecule has 0 spiro atoms. The maximum absolute atomic E-state index is 13.1. The molecule has 0 saturated carbocycles. The van der Waals surface area contributed by atoms with Crippen molar-refractivity contribution in [2.24, 2.45) is 5.92 Å². The van der Waals surface area contributed by atoms with Crippen LogP contribution in [0.4, 0.5) is 0 Å². The number of rotatable bonds is 6. The Morgan fingerprint density at radius 1 is 1.20 bits per heavy atom. The molecule has 1 saturated heterocycles. The number of nitrogens with zero attached hydrogens (tertiary/aromatic N) is 1. The quantitative estimate of drug-likeness (QED) is 0.531. The maximum atomic E-state index is 13.1. The Balaban J connectivity index is 0.00000171. The van der Waals surface area contributed by atoms with Gasteiger partial charge in [0.2, 0.25) is 5.91 Å². The summed E-state index contributed by atoms with van der Waals surface area (Å²) in [5.74, 6) is -1.22. The fraction of sp³-hybridized carbons (Fsp3) is 0.304. The van der Waals surface area contributed by atoms with Crippen molar-refractivity contribution in [3.05, 3.63) is 65.5 Å². The van der Waals surface area contributed by atoms with Gasteiger partial charge in [-0.25, -0.2) is 4.79 Å². The topological polar surface area (TPSA) is 57.6 Å². The fourth-order valence-electron chi connectivity index (χ4n) is 3.86. The molecule has 2 heterocycles. The molecule has 0 radical (unpaired) electrons. The Kier molecular flexibility index (Phi) is 8.27. The van der Waals surface area contributed by atoms with Gasteiger partial charge in [0.15, 0.2) is 0 Å². The van der Waals surface area contributed by atoms with Crippen LogP contribution in [0.1, 0.15) is 21.1 Å². The van der Waals surface area contributed by atoms with Crippen molar-refractivity contribution in [2.75, 3.05) is 6.54 Å². The third-order valence-corrected chi connectivity index (χ3v) is 7.64. The number of aliphatic carboxylic acids is 1. The van der Waals surface area contributed by atoms with E-state index in [1.807, 2.05) is 49.4 Å². The van der Waals surface area contributed by atoms with Crippen LogP contribution in [0.2, 0.25) is 0 Å². The van der Waals surface area contributed by atoms with Crippen molar-refractivity contribution in [2.45, 2.75) is 36.0 Å². The second kappa shape index (κ2) is 10.5. The first kappa shape index (κ1) is 23.6. The summed E-state index contributed by atoms with van der Waals surface area (Å²) >= 11 is 3.36. The molecule has 7 heteroatoms. The van der Waals surface area contributed by atoms with Gasteiger partial charge in [-0.3, -0.25) is 4.79 Å². The van der Waals surface area contributed by atoms with Crippen molar-refractivity contribution in [1.82, 2.24) is 4.90 Å². The van der Waals surface area contributed by atoms with E-state index >= 15 is 0 Å². The molecular formula is C23H25CaNO3S2. The van der Waals surface area contributed by atoms with Gasteiger partial charge in [0, 0.05) is 32.2 Å². The number of carboxylic acid groups (broad SMARTS) is 1. The minimum Gasteiger partial charge on any atom is -1.00 e. The molecule has 1 aliphatic rings. The van der Waals surface area contributed by atoms with Gasteiger partial charge in [-0.2, -0.15) is 0 Å². The molecule has 4 rings (SSSR count). The third kappa shape index (κ3) is 5.40. The van der Waals surface area contributed by atoms with Crippen molar-refractivity contribution in [3.8, 4) is 0 Å². The Morgan fingerprint density at radius 2 is 1.90 bits per heavy atom. The summed E-state index contributed by atoms with van der Waals surface area (Å²) in [7, 11) is 0. The monoisotopic (exact) mass is 467 g/mol. The van der Waals surface area contributed by atoms with E-state index in [9.17, 15) is 14.7 Å². The van der Waals surface area contributed by atoms with Crippen LogP contribution in [0.3, 0.4) is 0 Å². The number of fused-ring (bicyclic) bond motifs is 1. The average Bonchev–Trinajstić information content (AvgIpc) is 3.31. The number of benzene rings is 2. The van der Waals surface area contributed by atoms with E-state index in [1.54, 1.807) is 28.0 Å². The number of carbonyl (C=O) groups is 2. The molecule has 2 aromatic carbocycles. The standard InChI is InChI=1S/C23H23NO3S2.Ca.2H/c1-15(11-18-12-16-7-5-6-10-21(16)29-18)22(25)24-14-19(13-20(24)23(26)27)28-17-8-3-2-4-9-17;;;/h2-10,12,15,19-20H,11,13-14H2,1H3,(H,26,27);;;/q;+2;2*-1/t15-,19-,20-;;;/m0.../s1. The number of thiophene rings is 1. The molecular weight excluding hydrogens is 442 g/mol. The molecule has 1 fully saturated rings. The van der Waals surface area contributed by atoms with Crippen LogP contribution >= 0.6 is 23.1 Å². The van der Waals surface area contributed by atoms with Gasteiger partial charge in [0.05, 0.1) is 0 Å². The van der Waals surface area contributed by atoms with Gasteiger partial charge in [-0.15, -0.1) is 23.1 Å². The summed E-state index contributed by atoms with van der Waals surface area (Å²) in [6, 6.07) is 19.5. The van der Waals surface area contributed by atoms with Gasteiger partial charge in [0.25, 0.3) is 0 Å². The average molecular weight is 468 g/mol. The number of carbonyl (C=O) groups excluding carboxylic acids is 1. The maximum Gasteiger partial charge on any atom is 2.00 e. The first-order valence-corrected chi connectivity index (χ1v) is 11.4. The number of hydrogen-bond donors (Lipinski definition) is 1. The smallest absolute Gasteiger partial charge is 1.00 e. The number of likely N-dealkylation sites (tertiary alicyclic amines) is 1. The molecule has 30 heavy (non-hydrogen) atoms. The van der Waals surface area contributed by atoms with E-state index in [1.165, 1.54) is 10.1 Å². The van der Waals surface area contributed by atoms with Crippen LogP contribution in [0.5, 0.6) is 0 Å². The van der Waals surface area contributed by atoms with Crippen molar-refractivity contribution in [1.29, 1.82) is 0 Å². The van der Waals surface area contributed by atoms with Crippen LogP contribution in [0, 0.1) is 5.92 Å². The van der Waals surface area contributed by atoms with Gasteiger partial charge in [0.1, 0.15) is 6.04 Å². The Labute approximate surface area is 217 Å². The minimum absolute atomic E-state index is 0. The minimum atomic E-state index is -0.913. The van der Waals surface area contributed by atoms with E-state index in [0.717, 1.165) is 9.77 Å². The summed E-state index contributed by atoms with van der Waals surface area (Å²) in [6.07, 6.45) is 1.12. The molecule has 1 aromatic heterocycles. The van der Waals surface area contributed by atoms with Gasteiger partial charge in [-0.05, 0) is 42.5 Å². The zero-order valence-electron chi connectivity index (χ0n) is 18.9. The number of thioether (sulfide) groups is 1. The SMILES string of the molecule is C[C@@H](Cc1cc2ccccc2s1)C(=O)N1C[C@@H](Sc2ccccc2)C[C@H]1C(=O)O.[Ca+2].[H-].[H-]. The van der Waals surface area contributed by atoms with Crippen molar-refractivity contribution >= 4 is 82.8 Å². The molecule has 1 aliphatic heterocycles. The van der Waals surface area contributed by atoms with E-state index in [0.29, 0.717) is 19.4 Å². The summed E-state index contributed by atoms with van der Waals surface area (Å²) in [5, 5.41) is 11.0. The number of amides is 1. The van der Waals surface area contributed by atoms with Crippen molar-refractivity contribution < 1.29 is 17.5 Å². The van der Waals surface area contributed by atoms with E-state index < -0.39 is 12.0 Å². The Morgan fingerprint density at radius 3 is 2.60 bits per heavy atom. The molecule has 154 valence electrons.